The van der Waals surface area contributed by atoms with E-state index in [1.54, 1.807) is 13.1 Å². The van der Waals surface area contributed by atoms with Gasteiger partial charge < -0.3 is 0 Å². The first-order valence-electron chi connectivity index (χ1n) is 10.4. The largest absolute Gasteiger partial charge is 0.330 e. The molecule has 0 bridgehead atoms. The molecule has 0 radical (unpaired) electrons. The summed E-state index contributed by atoms with van der Waals surface area (Å²) in [6.07, 6.45) is 1.67. The van der Waals surface area contributed by atoms with Crippen LogP contribution in [-0.2, 0) is 11.4 Å². The number of aromatic amines is 1. The number of rotatable bonds is 4. The van der Waals surface area contributed by atoms with Gasteiger partial charge in [-0.15, -0.1) is 0 Å². The van der Waals surface area contributed by atoms with Crippen molar-refractivity contribution < 1.29 is 4.84 Å². The summed E-state index contributed by atoms with van der Waals surface area (Å²) in [7, 11) is 0. The molecular weight excluding hydrogens is 390 g/mol. The van der Waals surface area contributed by atoms with Gasteiger partial charge in [0, 0.05) is 24.7 Å². The van der Waals surface area contributed by atoms with Gasteiger partial charge in [-0.2, -0.15) is 5.06 Å². The molecule has 156 valence electrons. The minimum atomic E-state index is -0.504. The lowest BCUT2D eigenvalue weighted by molar-refractivity contribution is -0.191. The topological polar surface area (TPSA) is 67.3 Å². The second-order valence-corrected chi connectivity index (χ2v) is 7.92. The van der Waals surface area contributed by atoms with Gasteiger partial charge in [0.2, 0.25) is 0 Å². The molecule has 1 aliphatic heterocycles. The molecule has 1 aromatic heterocycles. The first-order valence-corrected chi connectivity index (χ1v) is 10.4. The quantitative estimate of drug-likeness (QED) is 0.548. The highest BCUT2D eigenvalue weighted by Crippen LogP contribution is 2.41. The number of benzene rings is 3. The molecule has 2 heterocycles. The molecule has 2 atom stereocenters. The van der Waals surface area contributed by atoms with Gasteiger partial charge in [-0.3, -0.25) is 19.2 Å². The Morgan fingerprint density at radius 1 is 0.968 bits per heavy atom. The minimum absolute atomic E-state index is 0.0459. The van der Waals surface area contributed by atoms with Gasteiger partial charge >= 0.3 is 5.69 Å². The van der Waals surface area contributed by atoms with Crippen LogP contribution in [0.3, 0.4) is 0 Å². The molecule has 5 rings (SSSR count). The molecule has 4 aromatic rings. The van der Waals surface area contributed by atoms with Crippen molar-refractivity contribution in [2.24, 2.45) is 0 Å². The van der Waals surface area contributed by atoms with Crippen molar-refractivity contribution in [2.75, 3.05) is 0 Å². The second-order valence-electron chi connectivity index (χ2n) is 7.92. The van der Waals surface area contributed by atoms with Crippen LogP contribution in [0, 0.1) is 6.92 Å². The molecule has 0 amide bonds. The van der Waals surface area contributed by atoms with Crippen molar-refractivity contribution in [1.29, 1.82) is 0 Å². The van der Waals surface area contributed by atoms with Crippen molar-refractivity contribution in [3.8, 4) is 0 Å². The van der Waals surface area contributed by atoms with Crippen molar-refractivity contribution in [2.45, 2.75) is 32.2 Å². The fourth-order valence-corrected chi connectivity index (χ4v) is 4.28. The number of nitrogens with one attached hydrogen (secondary N) is 1. The SMILES string of the molecule is Cc1cn([C@@H]2C[C@H](c3cccc4ccccc34)N(Cc3ccccc3)O2)c(=O)[nH]c1=O. The minimum Gasteiger partial charge on any atom is -0.274 e. The predicted octanol–water partition coefficient (Wildman–Crippen LogP) is 4.08. The molecule has 31 heavy (non-hydrogen) atoms. The van der Waals surface area contributed by atoms with Crippen molar-refractivity contribution in [1.82, 2.24) is 14.6 Å². The van der Waals surface area contributed by atoms with E-state index in [4.69, 9.17) is 4.84 Å². The van der Waals surface area contributed by atoms with Crippen LogP contribution in [0.1, 0.15) is 35.4 Å². The van der Waals surface area contributed by atoms with Gasteiger partial charge in [0.25, 0.3) is 5.56 Å². The maximum atomic E-state index is 12.5. The van der Waals surface area contributed by atoms with Gasteiger partial charge in [-0.25, -0.2) is 4.79 Å². The summed E-state index contributed by atoms with van der Waals surface area (Å²) >= 11 is 0. The monoisotopic (exact) mass is 413 g/mol. The van der Waals surface area contributed by atoms with E-state index in [1.165, 1.54) is 15.3 Å². The molecule has 1 N–H and O–H groups in total. The third-order valence-corrected chi connectivity index (χ3v) is 5.85. The molecule has 0 saturated carbocycles. The number of hydrogen-bond acceptors (Lipinski definition) is 4. The lowest BCUT2D eigenvalue weighted by Gasteiger charge is -2.24. The Morgan fingerprint density at radius 3 is 2.55 bits per heavy atom. The Balaban J connectivity index is 1.58. The lowest BCUT2D eigenvalue weighted by atomic mass is 9.96. The van der Waals surface area contributed by atoms with E-state index in [0.717, 1.165) is 11.1 Å². The molecule has 6 nitrogen and oxygen atoms in total. The van der Waals surface area contributed by atoms with Crippen molar-refractivity contribution in [3.05, 3.63) is 117 Å². The molecule has 0 unspecified atom stereocenters. The Kier molecular flexibility index (Phi) is 5.02. The van der Waals surface area contributed by atoms with Crippen LogP contribution < -0.4 is 11.2 Å². The molecule has 0 aliphatic carbocycles. The van der Waals surface area contributed by atoms with E-state index >= 15 is 0 Å². The zero-order valence-electron chi connectivity index (χ0n) is 17.2. The van der Waals surface area contributed by atoms with Gasteiger partial charge in [0.15, 0.2) is 6.23 Å². The van der Waals surface area contributed by atoms with Crippen LogP contribution in [0.15, 0.2) is 88.6 Å². The highest BCUT2D eigenvalue weighted by atomic mass is 16.7. The zero-order chi connectivity index (χ0) is 21.4. The van der Waals surface area contributed by atoms with E-state index in [9.17, 15) is 9.59 Å². The summed E-state index contributed by atoms with van der Waals surface area (Å²) in [5.74, 6) is 0. The Bertz CT molecular complexity index is 1340. The van der Waals surface area contributed by atoms with Crippen molar-refractivity contribution in [3.63, 3.8) is 0 Å². The number of aryl methyl sites for hydroxylation is 1. The molecule has 1 aliphatic rings. The number of aromatic nitrogens is 2. The zero-order valence-corrected chi connectivity index (χ0v) is 17.2. The van der Waals surface area contributed by atoms with E-state index in [2.05, 4.69) is 47.4 Å². The molecule has 6 heteroatoms. The average Bonchev–Trinajstić information content (AvgIpc) is 3.19. The highest BCUT2D eigenvalue weighted by molar-refractivity contribution is 5.86. The van der Waals surface area contributed by atoms with E-state index < -0.39 is 11.9 Å². The van der Waals surface area contributed by atoms with Crippen LogP contribution in [0.25, 0.3) is 10.8 Å². The fourth-order valence-electron chi connectivity index (χ4n) is 4.28. The van der Waals surface area contributed by atoms with Gasteiger partial charge in [0.1, 0.15) is 0 Å². The smallest absolute Gasteiger partial charge is 0.274 e. The third-order valence-electron chi connectivity index (χ3n) is 5.85. The van der Waals surface area contributed by atoms with Crippen LogP contribution >= 0.6 is 0 Å². The summed E-state index contributed by atoms with van der Waals surface area (Å²) in [5, 5.41) is 4.29. The van der Waals surface area contributed by atoms with Crippen LogP contribution in [0.5, 0.6) is 0 Å². The first-order chi connectivity index (χ1) is 15.1. The number of nitrogens with zero attached hydrogens (tertiary/aromatic N) is 2. The Labute approximate surface area is 179 Å². The molecule has 1 saturated heterocycles. The fraction of sp³-hybridized carbons (Fsp3) is 0.200. The average molecular weight is 413 g/mol. The summed E-state index contributed by atoms with van der Waals surface area (Å²) in [5.41, 5.74) is 1.93. The number of hydrogen-bond donors (Lipinski definition) is 1. The highest BCUT2D eigenvalue weighted by Gasteiger charge is 2.37. The van der Waals surface area contributed by atoms with Crippen LogP contribution in [0.4, 0.5) is 0 Å². The Morgan fingerprint density at radius 2 is 1.71 bits per heavy atom. The van der Waals surface area contributed by atoms with Gasteiger partial charge in [0.05, 0.1) is 6.04 Å². The lowest BCUT2D eigenvalue weighted by Crippen LogP contribution is -2.33. The summed E-state index contributed by atoms with van der Waals surface area (Å²) in [6.45, 7) is 2.27. The first kappa shape index (κ1) is 19.5. The summed E-state index contributed by atoms with van der Waals surface area (Å²) < 4.78 is 1.49. The predicted molar refractivity (Wildman–Crippen MR) is 119 cm³/mol. The van der Waals surface area contributed by atoms with Crippen molar-refractivity contribution >= 4 is 10.8 Å². The summed E-state index contributed by atoms with van der Waals surface area (Å²) in [6, 6.07) is 24.7. The van der Waals surface area contributed by atoms with Crippen LogP contribution in [-0.4, -0.2) is 14.6 Å². The normalized spacial score (nSPS) is 19.1. The number of hydroxylamine groups is 2. The van der Waals surface area contributed by atoms with Gasteiger partial charge in [-0.1, -0.05) is 72.8 Å². The van der Waals surface area contributed by atoms with E-state index in [0.29, 0.717) is 18.5 Å². The Hall–Kier alpha value is -3.48. The molecular formula is C25H23N3O3. The maximum Gasteiger partial charge on any atom is 0.330 e. The maximum absolute atomic E-state index is 12.5. The van der Waals surface area contributed by atoms with Crippen LogP contribution in [0.2, 0.25) is 0 Å². The molecule has 0 spiro atoms. The number of H-pyrrole nitrogens is 1. The third kappa shape index (κ3) is 3.71. The van der Waals surface area contributed by atoms with E-state index in [-0.39, 0.29) is 11.6 Å². The molecule has 1 fully saturated rings. The standard InChI is InChI=1S/C25H23N3O3/c1-17-15-27(25(30)26-24(17)29)23-14-22(28(31-23)16-18-8-3-2-4-9-18)21-13-7-11-19-10-5-6-12-20(19)21/h2-13,15,22-23H,14,16H2,1H3,(H,26,29,30)/t22-,23+/m1/s1. The molecule has 3 aromatic carbocycles. The number of fused-ring (bicyclic) bond motifs is 1. The van der Waals surface area contributed by atoms with Gasteiger partial charge in [-0.05, 0) is 28.8 Å². The van der Waals surface area contributed by atoms with E-state index in [1.807, 2.05) is 35.4 Å². The second kappa shape index (κ2) is 7.98. The summed E-state index contributed by atoms with van der Waals surface area (Å²) in [4.78, 5) is 33.0.